The first kappa shape index (κ1) is 28.1. The number of carbonyl (C=O) groups excluding carboxylic acids is 1. The fourth-order valence-corrected chi connectivity index (χ4v) is 4.87. The second-order valence-corrected chi connectivity index (χ2v) is 10.9. The van der Waals surface area contributed by atoms with Gasteiger partial charge in [0.2, 0.25) is 0 Å². The molecule has 1 fully saturated rings. The largest absolute Gasteiger partial charge is 0.490 e. The quantitative estimate of drug-likeness (QED) is 0.443. The average molecular weight is 566 g/mol. The van der Waals surface area contributed by atoms with E-state index in [4.69, 9.17) is 14.2 Å². The van der Waals surface area contributed by atoms with E-state index in [1.54, 1.807) is 11.1 Å². The van der Waals surface area contributed by atoms with Crippen LogP contribution < -0.4 is 14.4 Å². The highest BCUT2D eigenvalue weighted by Crippen LogP contribution is 2.35. The normalized spacial score (nSPS) is 15.7. The van der Waals surface area contributed by atoms with E-state index in [2.05, 4.69) is 15.0 Å². The fraction of sp³-hybridized carbons (Fsp3) is 0.414. The van der Waals surface area contributed by atoms with Crippen LogP contribution in [0, 0.1) is 5.82 Å². The van der Waals surface area contributed by atoms with Gasteiger partial charge in [-0.25, -0.2) is 23.9 Å². The van der Waals surface area contributed by atoms with Gasteiger partial charge < -0.3 is 29.1 Å². The Bertz CT molecular complexity index is 1440. The van der Waals surface area contributed by atoms with Crippen LogP contribution in [0.15, 0.2) is 43.0 Å². The number of amides is 1. The van der Waals surface area contributed by atoms with Gasteiger partial charge in [0.25, 0.3) is 0 Å². The van der Waals surface area contributed by atoms with Gasteiger partial charge in [0.05, 0.1) is 18.4 Å². The summed E-state index contributed by atoms with van der Waals surface area (Å²) in [5.74, 6) is -0.487. The molecule has 41 heavy (non-hydrogen) atoms. The van der Waals surface area contributed by atoms with Crippen molar-refractivity contribution < 1.29 is 33.3 Å². The number of aromatic nitrogens is 3. The van der Waals surface area contributed by atoms with E-state index in [9.17, 15) is 19.1 Å². The third-order valence-corrected chi connectivity index (χ3v) is 6.81. The lowest BCUT2D eigenvalue weighted by molar-refractivity contribution is 0.0219. The molecule has 12 heteroatoms. The third kappa shape index (κ3) is 6.64. The van der Waals surface area contributed by atoms with Gasteiger partial charge in [0.1, 0.15) is 40.9 Å². The highest BCUT2D eigenvalue weighted by molar-refractivity contribution is 5.91. The molecule has 2 aliphatic rings. The molecule has 1 aromatic carbocycles. The minimum absolute atomic E-state index is 0.00365. The summed E-state index contributed by atoms with van der Waals surface area (Å²) in [6, 6.07) is 5.16. The number of rotatable bonds is 6. The van der Waals surface area contributed by atoms with Gasteiger partial charge in [0, 0.05) is 50.7 Å². The summed E-state index contributed by atoms with van der Waals surface area (Å²) in [4.78, 5) is 40.9. The third-order valence-electron chi connectivity index (χ3n) is 6.81. The van der Waals surface area contributed by atoms with E-state index in [1.807, 2.05) is 31.7 Å². The van der Waals surface area contributed by atoms with E-state index in [0.717, 1.165) is 23.4 Å². The van der Waals surface area contributed by atoms with Crippen molar-refractivity contribution in [3.63, 3.8) is 0 Å². The number of halogens is 1. The molecule has 4 heterocycles. The number of hydrogen-bond acceptors (Lipinski definition) is 9. The predicted molar refractivity (Wildman–Crippen MR) is 146 cm³/mol. The number of carboxylic acid groups (broad SMARTS) is 1. The van der Waals surface area contributed by atoms with Gasteiger partial charge in [0.15, 0.2) is 11.6 Å². The average Bonchev–Trinajstić information content (AvgIpc) is 2.94. The zero-order valence-corrected chi connectivity index (χ0v) is 23.2. The zero-order chi connectivity index (χ0) is 29.1. The number of aromatic carboxylic acids is 1. The van der Waals surface area contributed by atoms with Crippen LogP contribution in [-0.2, 0) is 17.7 Å². The summed E-state index contributed by atoms with van der Waals surface area (Å²) in [6.45, 7) is 7.64. The van der Waals surface area contributed by atoms with Gasteiger partial charge >= 0.3 is 12.1 Å². The molecule has 0 spiro atoms. The van der Waals surface area contributed by atoms with Crippen LogP contribution >= 0.6 is 0 Å². The van der Waals surface area contributed by atoms with Crippen molar-refractivity contribution in [1.82, 2.24) is 19.9 Å². The molecule has 1 N–H and O–H groups in total. The van der Waals surface area contributed by atoms with Crippen LogP contribution in [0.4, 0.5) is 15.0 Å². The molecule has 1 amide bonds. The van der Waals surface area contributed by atoms with Crippen LogP contribution in [0.25, 0.3) is 0 Å². The standard InChI is InChI=1S/C29H32FN5O6/c1-29(2,3)41-28(38)35-13-9-22-21(16-35)24(6-10-32-22)39-19-7-11-34(12-8-19)26-25(15-31-17-33-26)40-23-5-4-18(30)14-20(23)27(36)37/h4-6,10,14-15,17,19H,7-9,11-13,16H2,1-3H3,(H,36,37). The van der Waals surface area contributed by atoms with E-state index in [1.165, 1.54) is 18.6 Å². The molecule has 0 radical (unpaired) electrons. The minimum Gasteiger partial charge on any atom is -0.490 e. The second-order valence-electron chi connectivity index (χ2n) is 10.9. The lowest BCUT2D eigenvalue weighted by atomic mass is 10.0. The summed E-state index contributed by atoms with van der Waals surface area (Å²) in [6.07, 6.45) is 6.16. The maximum absolute atomic E-state index is 13.6. The van der Waals surface area contributed by atoms with Crippen molar-refractivity contribution in [3.8, 4) is 17.2 Å². The topological polar surface area (TPSA) is 127 Å². The van der Waals surface area contributed by atoms with E-state index >= 15 is 0 Å². The number of ether oxygens (including phenoxy) is 3. The molecule has 5 rings (SSSR count). The Morgan fingerprint density at radius 3 is 2.56 bits per heavy atom. The highest BCUT2D eigenvalue weighted by atomic mass is 19.1. The summed E-state index contributed by atoms with van der Waals surface area (Å²) >= 11 is 0. The molecule has 0 aliphatic carbocycles. The molecule has 0 saturated carbocycles. The van der Waals surface area contributed by atoms with Crippen LogP contribution in [0.3, 0.4) is 0 Å². The highest BCUT2D eigenvalue weighted by Gasteiger charge is 2.30. The van der Waals surface area contributed by atoms with Crippen LogP contribution in [-0.4, -0.2) is 68.4 Å². The number of benzene rings is 1. The summed E-state index contributed by atoms with van der Waals surface area (Å²) < 4.78 is 31.5. The van der Waals surface area contributed by atoms with Crippen molar-refractivity contribution in [2.45, 2.75) is 58.3 Å². The number of hydrogen-bond donors (Lipinski definition) is 1. The predicted octanol–water partition coefficient (Wildman–Crippen LogP) is 4.84. The maximum Gasteiger partial charge on any atom is 0.410 e. The molecule has 216 valence electrons. The number of piperidine rings is 1. The van der Waals surface area contributed by atoms with Gasteiger partial charge in [-0.3, -0.25) is 4.98 Å². The Morgan fingerprint density at radius 2 is 1.83 bits per heavy atom. The molecular formula is C29H32FN5O6. The first-order chi connectivity index (χ1) is 19.6. The number of carbonyl (C=O) groups is 2. The molecule has 2 aliphatic heterocycles. The Kier molecular flexibility index (Phi) is 7.91. The molecule has 0 atom stereocenters. The van der Waals surface area contributed by atoms with E-state index in [-0.39, 0.29) is 29.3 Å². The Balaban J connectivity index is 1.25. The number of anilines is 1. The Morgan fingerprint density at radius 1 is 1.05 bits per heavy atom. The monoisotopic (exact) mass is 565 g/mol. The molecule has 0 bridgehead atoms. The first-order valence-corrected chi connectivity index (χ1v) is 13.4. The summed E-state index contributed by atoms with van der Waals surface area (Å²) in [7, 11) is 0. The van der Waals surface area contributed by atoms with Gasteiger partial charge in [-0.05, 0) is 45.0 Å². The number of nitrogens with zero attached hydrogens (tertiary/aromatic N) is 5. The number of fused-ring (bicyclic) bond motifs is 1. The first-order valence-electron chi connectivity index (χ1n) is 13.4. The van der Waals surface area contributed by atoms with Crippen LogP contribution in [0.5, 0.6) is 17.2 Å². The SMILES string of the molecule is CC(C)(C)OC(=O)N1CCc2nccc(OC3CCN(c4ncncc4Oc4ccc(F)cc4C(=O)O)CC3)c2C1. The van der Waals surface area contributed by atoms with Crippen LogP contribution in [0.2, 0.25) is 0 Å². The molecule has 1 saturated heterocycles. The zero-order valence-electron chi connectivity index (χ0n) is 23.2. The van der Waals surface area contributed by atoms with Crippen molar-refractivity contribution in [2.75, 3.05) is 24.5 Å². The van der Waals surface area contributed by atoms with Gasteiger partial charge in [-0.2, -0.15) is 0 Å². The number of pyridine rings is 1. The molecule has 11 nitrogen and oxygen atoms in total. The Labute approximate surface area is 236 Å². The maximum atomic E-state index is 13.6. The van der Waals surface area contributed by atoms with Gasteiger partial charge in [-0.1, -0.05) is 0 Å². The van der Waals surface area contributed by atoms with Crippen molar-refractivity contribution in [1.29, 1.82) is 0 Å². The Hall–Kier alpha value is -4.48. The number of carboxylic acids is 1. The van der Waals surface area contributed by atoms with Gasteiger partial charge in [-0.15, -0.1) is 0 Å². The smallest absolute Gasteiger partial charge is 0.410 e. The fourth-order valence-electron chi connectivity index (χ4n) is 4.87. The lowest BCUT2D eigenvalue weighted by Crippen LogP contribution is -2.41. The lowest BCUT2D eigenvalue weighted by Gasteiger charge is -2.35. The van der Waals surface area contributed by atoms with Crippen molar-refractivity contribution in [2.24, 2.45) is 0 Å². The van der Waals surface area contributed by atoms with E-state index < -0.39 is 17.4 Å². The summed E-state index contributed by atoms with van der Waals surface area (Å²) in [5.41, 5.74) is 0.945. The van der Waals surface area contributed by atoms with Crippen LogP contribution in [0.1, 0.15) is 55.2 Å². The minimum atomic E-state index is -1.30. The van der Waals surface area contributed by atoms with E-state index in [0.29, 0.717) is 57.0 Å². The molecule has 0 unspecified atom stereocenters. The second kappa shape index (κ2) is 11.6. The molecule has 2 aromatic heterocycles. The molecular weight excluding hydrogens is 533 g/mol. The van der Waals surface area contributed by atoms with Crippen molar-refractivity contribution in [3.05, 3.63) is 65.6 Å². The summed E-state index contributed by atoms with van der Waals surface area (Å²) in [5, 5.41) is 9.47. The molecule has 3 aromatic rings. The van der Waals surface area contributed by atoms with Crippen molar-refractivity contribution >= 4 is 17.9 Å².